The van der Waals surface area contributed by atoms with E-state index in [-0.39, 0.29) is 29.1 Å². The lowest BCUT2D eigenvalue weighted by molar-refractivity contribution is -0.117. The Bertz CT molecular complexity index is 952. The van der Waals surface area contributed by atoms with Crippen LogP contribution in [0, 0.1) is 5.92 Å². The summed E-state index contributed by atoms with van der Waals surface area (Å²) in [4.78, 5) is 26.8. The summed E-state index contributed by atoms with van der Waals surface area (Å²) >= 11 is 1.56. The van der Waals surface area contributed by atoms with Crippen LogP contribution in [-0.2, 0) is 27.8 Å². The van der Waals surface area contributed by atoms with E-state index in [2.05, 4.69) is 50.4 Å². The van der Waals surface area contributed by atoms with Crippen molar-refractivity contribution in [2.24, 2.45) is 5.92 Å². The molecule has 2 unspecified atom stereocenters. The highest BCUT2D eigenvalue weighted by Gasteiger charge is 2.44. The zero-order valence-electron chi connectivity index (χ0n) is 18.3. The number of hydrogen-bond donors (Lipinski definition) is 1. The van der Waals surface area contributed by atoms with Crippen molar-refractivity contribution in [3.63, 3.8) is 0 Å². The van der Waals surface area contributed by atoms with Crippen molar-refractivity contribution in [3.8, 4) is 0 Å². The molecule has 0 aliphatic heterocycles. The molecular formula is C25H31NO3S. The Kier molecular flexibility index (Phi) is 5.75. The summed E-state index contributed by atoms with van der Waals surface area (Å²) in [6, 6.07) is 8.67. The Morgan fingerprint density at radius 2 is 1.83 bits per heavy atom. The molecular weight excluding hydrogens is 394 g/mol. The van der Waals surface area contributed by atoms with Gasteiger partial charge in [0.25, 0.3) is 0 Å². The van der Waals surface area contributed by atoms with Crippen molar-refractivity contribution >= 4 is 28.2 Å². The minimum absolute atomic E-state index is 0.0176. The third-order valence-corrected chi connectivity index (χ3v) is 7.43. The molecule has 2 aliphatic carbocycles. The Morgan fingerprint density at radius 1 is 1.13 bits per heavy atom. The fourth-order valence-corrected chi connectivity index (χ4v) is 5.64. The first-order chi connectivity index (χ1) is 14.3. The van der Waals surface area contributed by atoms with Gasteiger partial charge < -0.3 is 10.1 Å². The lowest BCUT2D eigenvalue weighted by Gasteiger charge is -2.19. The second-order valence-corrected chi connectivity index (χ2v) is 10.6. The van der Waals surface area contributed by atoms with E-state index in [1.807, 2.05) is 6.92 Å². The predicted octanol–water partition coefficient (Wildman–Crippen LogP) is 5.84. The average molecular weight is 426 g/mol. The van der Waals surface area contributed by atoms with Crippen LogP contribution in [0.4, 0.5) is 5.00 Å². The molecule has 1 fully saturated rings. The van der Waals surface area contributed by atoms with Gasteiger partial charge in [-0.15, -0.1) is 11.3 Å². The van der Waals surface area contributed by atoms with Gasteiger partial charge in [-0.3, -0.25) is 4.79 Å². The number of amides is 1. The van der Waals surface area contributed by atoms with Gasteiger partial charge in [0.05, 0.1) is 12.2 Å². The van der Waals surface area contributed by atoms with Crippen LogP contribution in [0.1, 0.15) is 84.8 Å². The maximum atomic E-state index is 13.0. The van der Waals surface area contributed by atoms with E-state index in [1.54, 1.807) is 11.3 Å². The molecule has 2 aromatic rings. The van der Waals surface area contributed by atoms with Crippen LogP contribution < -0.4 is 5.32 Å². The van der Waals surface area contributed by atoms with Crippen molar-refractivity contribution in [1.82, 2.24) is 0 Å². The van der Waals surface area contributed by atoms with Crippen LogP contribution in [0.2, 0.25) is 0 Å². The van der Waals surface area contributed by atoms with Gasteiger partial charge in [0.1, 0.15) is 5.00 Å². The largest absolute Gasteiger partial charge is 0.462 e. The van der Waals surface area contributed by atoms with Gasteiger partial charge in [-0.25, -0.2) is 4.79 Å². The van der Waals surface area contributed by atoms with Crippen molar-refractivity contribution in [3.05, 3.63) is 51.4 Å². The van der Waals surface area contributed by atoms with Crippen LogP contribution in [0.15, 0.2) is 24.3 Å². The normalized spacial score (nSPS) is 20.4. The Labute approximate surface area is 183 Å². The van der Waals surface area contributed by atoms with Gasteiger partial charge in [0, 0.05) is 10.8 Å². The highest BCUT2D eigenvalue weighted by atomic mass is 32.1. The van der Waals surface area contributed by atoms with E-state index in [0.717, 1.165) is 37.7 Å². The molecule has 1 aromatic heterocycles. The quantitative estimate of drug-likeness (QED) is 0.612. The maximum absolute atomic E-state index is 13.0. The van der Waals surface area contributed by atoms with Crippen LogP contribution in [0.25, 0.3) is 0 Å². The minimum Gasteiger partial charge on any atom is -0.462 e. The fraction of sp³-hybridized carbons (Fsp3) is 0.520. The summed E-state index contributed by atoms with van der Waals surface area (Å²) in [5.74, 6) is -0.0549. The summed E-state index contributed by atoms with van der Waals surface area (Å²) in [6.07, 6.45) is 4.95. The Balaban J connectivity index is 1.49. The van der Waals surface area contributed by atoms with Crippen LogP contribution in [0.5, 0.6) is 0 Å². The first kappa shape index (κ1) is 21.1. The van der Waals surface area contributed by atoms with Crippen molar-refractivity contribution in [2.75, 3.05) is 11.9 Å². The minimum atomic E-state index is -0.308. The third kappa shape index (κ3) is 4.18. The number of anilines is 1. The number of nitrogens with one attached hydrogen (secondary N) is 1. The van der Waals surface area contributed by atoms with E-state index >= 15 is 0 Å². The molecule has 2 aliphatic rings. The zero-order chi connectivity index (χ0) is 21.5. The summed E-state index contributed by atoms with van der Waals surface area (Å²) < 4.78 is 5.30. The molecule has 160 valence electrons. The van der Waals surface area contributed by atoms with Crippen LogP contribution in [-0.4, -0.2) is 18.5 Å². The second-order valence-electron chi connectivity index (χ2n) is 9.45. The standard InChI is InChI=1S/C25H31NO3S/c1-5-29-24(28)21-17-8-6-7-9-20(17)30-23(21)26-22(27)19-14-18(19)15-10-12-16(13-11-15)25(2,3)4/h10-13,18-19H,5-9,14H2,1-4H3,(H,26,27). The molecule has 0 saturated heterocycles. The highest BCUT2D eigenvalue weighted by molar-refractivity contribution is 7.17. The van der Waals surface area contributed by atoms with E-state index in [4.69, 9.17) is 4.74 Å². The molecule has 2 atom stereocenters. The molecule has 0 radical (unpaired) electrons. The number of thiophene rings is 1. The number of carbonyl (C=O) groups excluding carboxylic acids is 2. The molecule has 1 aromatic carbocycles. The topological polar surface area (TPSA) is 55.4 Å². The molecule has 30 heavy (non-hydrogen) atoms. The maximum Gasteiger partial charge on any atom is 0.341 e. The lowest BCUT2D eigenvalue weighted by Crippen LogP contribution is -2.17. The lowest BCUT2D eigenvalue weighted by atomic mass is 9.86. The molecule has 5 heteroatoms. The van der Waals surface area contributed by atoms with Crippen molar-refractivity contribution < 1.29 is 14.3 Å². The average Bonchev–Trinajstić information content (AvgIpc) is 3.42. The summed E-state index contributed by atoms with van der Waals surface area (Å²) in [6.45, 7) is 8.77. The Hall–Kier alpha value is -2.14. The smallest absolute Gasteiger partial charge is 0.341 e. The van der Waals surface area contributed by atoms with E-state index < -0.39 is 0 Å². The molecule has 0 bridgehead atoms. The molecule has 4 nitrogen and oxygen atoms in total. The van der Waals surface area contributed by atoms with E-state index in [0.29, 0.717) is 17.2 Å². The Morgan fingerprint density at radius 3 is 2.50 bits per heavy atom. The first-order valence-corrected chi connectivity index (χ1v) is 11.8. The van der Waals surface area contributed by atoms with Gasteiger partial charge in [-0.2, -0.15) is 0 Å². The molecule has 1 N–H and O–H groups in total. The molecule has 0 spiro atoms. The molecule has 1 saturated carbocycles. The van der Waals surface area contributed by atoms with Crippen LogP contribution in [0.3, 0.4) is 0 Å². The SMILES string of the molecule is CCOC(=O)c1c(NC(=O)C2CC2c2ccc(C(C)(C)C)cc2)sc2c1CCCC2. The fourth-order valence-electron chi connectivity index (χ4n) is 4.36. The van der Waals surface area contributed by atoms with Crippen molar-refractivity contribution in [2.45, 2.75) is 71.1 Å². The van der Waals surface area contributed by atoms with Gasteiger partial charge in [-0.1, -0.05) is 45.0 Å². The number of hydrogen-bond acceptors (Lipinski definition) is 4. The molecule has 1 heterocycles. The second kappa shape index (κ2) is 8.18. The predicted molar refractivity (Wildman–Crippen MR) is 122 cm³/mol. The van der Waals surface area contributed by atoms with E-state index in [1.165, 1.54) is 16.0 Å². The molecule has 4 rings (SSSR count). The van der Waals surface area contributed by atoms with E-state index in [9.17, 15) is 9.59 Å². The summed E-state index contributed by atoms with van der Waals surface area (Å²) in [7, 11) is 0. The third-order valence-electron chi connectivity index (χ3n) is 6.22. The summed E-state index contributed by atoms with van der Waals surface area (Å²) in [5.41, 5.74) is 4.33. The number of aryl methyl sites for hydroxylation is 1. The number of carbonyl (C=O) groups is 2. The number of benzene rings is 1. The van der Waals surface area contributed by atoms with Gasteiger partial charge >= 0.3 is 5.97 Å². The van der Waals surface area contributed by atoms with Gasteiger partial charge in [-0.05, 0) is 67.1 Å². The zero-order valence-corrected chi connectivity index (χ0v) is 19.2. The van der Waals surface area contributed by atoms with Crippen LogP contribution >= 0.6 is 11.3 Å². The monoisotopic (exact) mass is 425 g/mol. The number of rotatable bonds is 5. The number of ether oxygens (including phenoxy) is 1. The van der Waals surface area contributed by atoms with Gasteiger partial charge in [0.2, 0.25) is 5.91 Å². The molecule has 1 amide bonds. The highest BCUT2D eigenvalue weighted by Crippen LogP contribution is 2.49. The van der Waals surface area contributed by atoms with Gasteiger partial charge in [0.15, 0.2) is 0 Å². The number of esters is 1. The summed E-state index contributed by atoms with van der Waals surface area (Å²) in [5, 5.41) is 3.76. The van der Waals surface area contributed by atoms with Crippen molar-refractivity contribution in [1.29, 1.82) is 0 Å². The number of fused-ring (bicyclic) bond motifs is 1. The first-order valence-electron chi connectivity index (χ1n) is 11.0.